The van der Waals surface area contributed by atoms with E-state index in [1.807, 2.05) is 6.92 Å². The first-order valence-corrected chi connectivity index (χ1v) is 6.42. The first-order valence-electron chi connectivity index (χ1n) is 6.42. The zero-order chi connectivity index (χ0) is 12.3. The Kier molecular flexibility index (Phi) is 1.94. The van der Waals surface area contributed by atoms with Crippen LogP contribution in [0.2, 0.25) is 0 Å². The Hall–Kier alpha value is -1.69. The van der Waals surface area contributed by atoms with Gasteiger partial charge in [0, 0.05) is 6.04 Å². The fraction of sp³-hybridized carbons (Fsp3) is 0.583. The minimum Gasteiger partial charge on any atom is -0.383 e. The fourth-order valence-electron chi connectivity index (χ4n) is 3.49. The van der Waals surface area contributed by atoms with E-state index in [4.69, 9.17) is 5.73 Å². The third-order valence-corrected chi connectivity index (χ3v) is 4.30. The van der Waals surface area contributed by atoms with Crippen LogP contribution in [0.3, 0.4) is 0 Å². The molecule has 2 bridgehead atoms. The molecule has 1 saturated heterocycles. The lowest BCUT2D eigenvalue weighted by molar-refractivity contribution is 0.341. The molecule has 6 heteroatoms. The molecule has 0 radical (unpaired) electrons. The summed E-state index contributed by atoms with van der Waals surface area (Å²) in [5.74, 6) is 1.32. The van der Waals surface area contributed by atoms with Gasteiger partial charge < -0.3 is 11.1 Å². The summed E-state index contributed by atoms with van der Waals surface area (Å²) in [4.78, 5) is 8.43. The normalized spacial score (nSPS) is 30.4. The number of fused-ring (bicyclic) bond motifs is 3. The molecule has 1 aliphatic heterocycles. The van der Waals surface area contributed by atoms with Crippen LogP contribution in [0, 0.1) is 12.8 Å². The quantitative estimate of drug-likeness (QED) is 0.769. The van der Waals surface area contributed by atoms with Gasteiger partial charge in [0.25, 0.3) is 0 Å². The lowest BCUT2D eigenvalue weighted by atomic mass is 10.1. The first-order chi connectivity index (χ1) is 8.74. The summed E-state index contributed by atoms with van der Waals surface area (Å²) in [6.45, 7) is 3.12. The van der Waals surface area contributed by atoms with E-state index in [2.05, 4.69) is 25.1 Å². The first kappa shape index (κ1) is 10.3. The molecule has 2 aromatic rings. The average molecular weight is 244 g/mol. The zero-order valence-electron chi connectivity index (χ0n) is 10.3. The monoisotopic (exact) mass is 244 g/mol. The van der Waals surface area contributed by atoms with Crippen LogP contribution in [0.4, 0.5) is 5.82 Å². The highest BCUT2D eigenvalue weighted by Crippen LogP contribution is 2.40. The number of hydrogen-bond acceptors (Lipinski definition) is 5. The topological polar surface area (TPSA) is 81.7 Å². The Balaban J connectivity index is 1.88. The number of piperidine rings is 1. The Morgan fingerprint density at radius 2 is 2.28 bits per heavy atom. The maximum absolute atomic E-state index is 5.92. The number of nitrogen functional groups attached to an aromatic ring is 1. The molecule has 3 heterocycles. The summed E-state index contributed by atoms with van der Waals surface area (Å²) in [5.41, 5.74) is 7.72. The minimum absolute atomic E-state index is 0.411. The van der Waals surface area contributed by atoms with Crippen molar-refractivity contribution >= 4 is 16.9 Å². The van der Waals surface area contributed by atoms with Gasteiger partial charge >= 0.3 is 0 Å². The lowest BCUT2D eigenvalue weighted by Gasteiger charge is -2.23. The fourth-order valence-corrected chi connectivity index (χ4v) is 3.49. The van der Waals surface area contributed by atoms with Crippen LogP contribution in [-0.4, -0.2) is 32.3 Å². The van der Waals surface area contributed by atoms with E-state index >= 15 is 0 Å². The van der Waals surface area contributed by atoms with Crippen LogP contribution in [0.15, 0.2) is 6.33 Å². The van der Waals surface area contributed by atoms with Crippen LogP contribution >= 0.6 is 0 Å². The van der Waals surface area contributed by atoms with Crippen molar-refractivity contribution in [1.29, 1.82) is 0 Å². The number of aromatic nitrogens is 4. The minimum atomic E-state index is 0.411. The summed E-state index contributed by atoms with van der Waals surface area (Å²) in [5, 5.41) is 9.11. The molecule has 0 amide bonds. The second-order valence-corrected chi connectivity index (χ2v) is 5.41. The molecule has 2 aliphatic rings. The van der Waals surface area contributed by atoms with E-state index < -0.39 is 0 Å². The van der Waals surface area contributed by atoms with Gasteiger partial charge in [0.15, 0.2) is 5.65 Å². The predicted molar refractivity (Wildman–Crippen MR) is 68.0 cm³/mol. The predicted octanol–water partition coefficient (Wildman–Crippen LogP) is 0.640. The number of aryl methyl sites for hydroxylation is 1. The molecule has 6 nitrogen and oxygen atoms in total. The van der Waals surface area contributed by atoms with Crippen molar-refractivity contribution in [3.8, 4) is 0 Å². The lowest BCUT2D eigenvalue weighted by Crippen LogP contribution is -2.35. The summed E-state index contributed by atoms with van der Waals surface area (Å²) in [7, 11) is 0. The summed E-state index contributed by atoms with van der Waals surface area (Å²) >= 11 is 0. The molecule has 2 aromatic heterocycles. The maximum atomic E-state index is 5.92. The molecule has 3 unspecified atom stereocenters. The van der Waals surface area contributed by atoms with E-state index in [-0.39, 0.29) is 0 Å². The zero-order valence-corrected chi connectivity index (χ0v) is 10.3. The van der Waals surface area contributed by atoms with Crippen LogP contribution in [-0.2, 0) is 0 Å². The summed E-state index contributed by atoms with van der Waals surface area (Å²) in [6, 6.07) is 0.947. The number of nitrogens with one attached hydrogen (secondary N) is 1. The Morgan fingerprint density at radius 1 is 1.39 bits per heavy atom. The third-order valence-electron chi connectivity index (χ3n) is 4.30. The van der Waals surface area contributed by atoms with Crippen LogP contribution in [0.25, 0.3) is 11.0 Å². The molecule has 1 saturated carbocycles. The Bertz CT molecular complexity index is 618. The van der Waals surface area contributed by atoms with Crippen molar-refractivity contribution in [3.63, 3.8) is 0 Å². The van der Waals surface area contributed by atoms with Gasteiger partial charge in [-0.3, -0.25) is 0 Å². The van der Waals surface area contributed by atoms with E-state index in [1.54, 1.807) is 0 Å². The number of rotatable bonds is 1. The summed E-state index contributed by atoms with van der Waals surface area (Å²) < 4.78 is 2.06. The second-order valence-electron chi connectivity index (χ2n) is 5.41. The van der Waals surface area contributed by atoms with Gasteiger partial charge in [0.2, 0.25) is 0 Å². The van der Waals surface area contributed by atoms with Gasteiger partial charge in [0.1, 0.15) is 12.1 Å². The maximum Gasteiger partial charge on any atom is 0.163 e. The van der Waals surface area contributed by atoms with E-state index in [0.29, 0.717) is 17.9 Å². The smallest absolute Gasteiger partial charge is 0.163 e. The largest absolute Gasteiger partial charge is 0.383 e. The summed E-state index contributed by atoms with van der Waals surface area (Å²) in [6.07, 6.45) is 3.97. The Labute approximate surface area is 105 Å². The molecule has 0 aromatic carbocycles. The van der Waals surface area contributed by atoms with Gasteiger partial charge in [-0.05, 0) is 32.2 Å². The van der Waals surface area contributed by atoms with Crippen molar-refractivity contribution in [2.45, 2.75) is 31.8 Å². The van der Waals surface area contributed by atoms with Gasteiger partial charge in [-0.25, -0.2) is 14.6 Å². The average Bonchev–Trinajstić information content (AvgIpc) is 3.03. The molecular weight excluding hydrogens is 228 g/mol. The number of nitrogens with zero attached hydrogens (tertiary/aromatic N) is 4. The van der Waals surface area contributed by atoms with Crippen molar-refractivity contribution in [2.24, 2.45) is 5.92 Å². The molecule has 3 N–H and O–H groups in total. The standard InChI is InChI=1S/C12H16N6/c1-6-10-11(13)15-5-16-12(10)18(17-6)9-3-7-2-8(9)14-4-7/h5,7-9,14H,2-4H2,1H3,(H2,13,15,16). The number of anilines is 1. The van der Waals surface area contributed by atoms with Crippen molar-refractivity contribution in [1.82, 2.24) is 25.1 Å². The molecule has 0 spiro atoms. The van der Waals surface area contributed by atoms with Crippen LogP contribution in [0.1, 0.15) is 24.6 Å². The Morgan fingerprint density at radius 3 is 3.00 bits per heavy atom. The molecule has 1 aliphatic carbocycles. The molecule has 18 heavy (non-hydrogen) atoms. The van der Waals surface area contributed by atoms with E-state index in [9.17, 15) is 0 Å². The van der Waals surface area contributed by atoms with Gasteiger partial charge in [0.05, 0.1) is 17.1 Å². The highest BCUT2D eigenvalue weighted by molar-refractivity contribution is 5.87. The van der Waals surface area contributed by atoms with Crippen molar-refractivity contribution in [2.75, 3.05) is 12.3 Å². The van der Waals surface area contributed by atoms with Crippen LogP contribution < -0.4 is 11.1 Å². The molecular formula is C12H16N6. The molecule has 4 rings (SSSR count). The van der Waals surface area contributed by atoms with Gasteiger partial charge in [-0.1, -0.05) is 0 Å². The van der Waals surface area contributed by atoms with Crippen molar-refractivity contribution in [3.05, 3.63) is 12.0 Å². The number of hydrogen-bond donors (Lipinski definition) is 2. The number of nitrogens with two attached hydrogens (primary N) is 1. The van der Waals surface area contributed by atoms with E-state index in [1.165, 1.54) is 19.2 Å². The van der Waals surface area contributed by atoms with Crippen molar-refractivity contribution < 1.29 is 0 Å². The molecule has 3 atom stereocenters. The highest BCUT2D eigenvalue weighted by atomic mass is 15.3. The van der Waals surface area contributed by atoms with E-state index in [0.717, 1.165) is 29.2 Å². The SMILES string of the molecule is Cc1nn(C2CC3CNC2C3)c2ncnc(N)c12. The molecule has 2 fully saturated rings. The van der Waals surface area contributed by atoms with Crippen LogP contribution in [0.5, 0.6) is 0 Å². The third kappa shape index (κ3) is 1.23. The second kappa shape index (κ2) is 3.41. The highest BCUT2D eigenvalue weighted by Gasteiger charge is 2.41. The molecule has 94 valence electrons. The van der Waals surface area contributed by atoms with Gasteiger partial charge in [-0.15, -0.1) is 0 Å². The van der Waals surface area contributed by atoms with Gasteiger partial charge in [-0.2, -0.15) is 5.10 Å².